The number of carboxylic acids is 1. The van der Waals surface area contributed by atoms with Crippen LogP contribution in [0.25, 0.3) is 0 Å². The highest BCUT2D eigenvalue weighted by atomic mass is 35.5. The minimum Gasteiger partial charge on any atom is -0.480 e. The van der Waals surface area contributed by atoms with E-state index in [2.05, 4.69) is 0 Å². The van der Waals surface area contributed by atoms with Crippen molar-refractivity contribution < 1.29 is 19.4 Å². The Labute approximate surface area is 95.4 Å². The van der Waals surface area contributed by atoms with Crippen molar-refractivity contribution in [1.29, 1.82) is 0 Å². The van der Waals surface area contributed by atoms with Gasteiger partial charge < -0.3 is 15.6 Å². The number of rotatable bonds is 5. The molecule has 0 rings (SSSR count). The minimum absolute atomic E-state index is 0. The van der Waals surface area contributed by atoms with E-state index >= 15 is 0 Å². The molecule has 0 radical (unpaired) electrons. The lowest BCUT2D eigenvalue weighted by Gasteiger charge is -2.22. The summed E-state index contributed by atoms with van der Waals surface area (Å²) in [4.78, 5) is 21.9. The molecular weight excluding hydrogens is 222 g/mol. The number of nitrogens with two attached hydrogens (primary N) is 1. The summed E-state index contributed by atoms with van der Waals surface area (Å²) in [5, 5.41) is 8.78. The summed E-state index contributed by atoms with van der Waals surface area (Å²) in [5.41, 5.74) is 4.01. The number of ether oxygens (including phenoxy) is 1. The topological polar surface area (TPSA) is 89.6 Å². The normalized spacial score (nSPS) is 13.9. The van der Waals surface area contributed by atoms with E-state index in [4.69, 9.17) is 15.6 Å². The second kappa shape index (κ2) is 6.63. The second-order valence-corrected chi connectivity index (χ2v) is 3.53. The number of esters is 1. The first-order valence-electron chi connectivity index (χ1n) is 4.53. The first-order valence-corrected chi connectivity index (χ1v) is 4.53. The van der Waals surface area contributed by atoms with Crippen molar-refractivity contribution in [2.24, 2.45) is 5.73 Å². The molecule has 5 nitrogen and oxygen atoms in total. The lowest BCUT2D eigenvalue weighted by molar-refractivity contribution is -0.155. The SMILES string of the molecule is CC[C@](N)(CC(=O)OC(C)C)C(=O)O.Cl. The number of carbonyl (C=O) groups excluding carboxylic acids is 1. The maximum absolute atomic E-state index is 11.2. The van der Waals surface area contributed by atoms with Crippen molar-refractivity contribution >= 4 is 24.3 Å². The number of halogens is 1. The van der Waals surface area contributed by atoms with E-state index in [9.17, 15) is 9.59 Å². The predicted octanol–water partition coefficient (Wildman–Crippen LogP) is 0.942. The molecular formula is C9H18ClNO4. The maximum Gasteiger partial charge on any atom is 0.324 e. The Hall–Kier alpha value is -0.810. The van der Waals surface area contributed by atoms with E-state index in [1.165, 1.54) is 0 Å². The van der Waals surface area contributed by atoms with Crippen LogP contribution in [0.4, 0.5) is 0 Å². The van der Waals surface area contributed by atoms with Crippen LogP contribution in [0.3, 0.4) is 0 Å². The van der Waals surface area contributed by atoms with E-state index in [1.54, 1.807) is 20.8 Å². The van der Waals surface area contributed by atoms with Crippen LogP contribution in [0.1, 0.15) is 33.6 Å². The van der Waals surface area contributed by atoms with Crippen molar-refractivity contribution in [3.05, 3.63) is 0 Å². The van der Waals surface area contributed by atoms with Gasteiger partial charge in [0.15, 0.2) is 0 Å². The zero-order chi connectivity index (χ0) is 11.4. The molecule has 3 N–H and O–H groups in total. The van der Waals surface area contributed by atoms with E-state index in [-0.39, 0.29) is 31.4 Å². The van der Waals surface area contributed by atoms with Gasteiger partial charge in [-0.1, -0.05) is 6.92 Å². The van der Waals surface area contributed by atoms with Gasteiger partial charge in [0.1, 0.15) is 5.54 Å². The van der Waals surface area contributed by atoms with Crippen LogP contribution in [0, 0.1) is 0 Å². The van der Waals surface area contributed by atoms with Crippen LogP contribution in [0.5, 0.6) is 0 Å². The molecule has 6 heteroatoms. The third-order valence-corrected chi connectivity index (χ3v) is 1.88. The Bertz CT molecular complexity index is 232. The van der Waals surface area contributed by atoms with Crippen LogP contribution >= 0.6 is 12.4 Å². The molecule has 0 aliphatic rings. The Kier molecular flexibility index (Phi) is 7.35. The zero-order valence-corrected chi connectivity index (χ0v) is 9.97. The summed E-state index contributed by atoms with van der Waals surface area (Å²) in [6.45, 7) is 5.02. The maximum atomic E-state index is 11.2. The molecule has 0 saturated heterocycles. The lowest BCUT2D eigenvalue weighted by Crippen LogP contribution is -2.49. The van der Waals surface area contributed by atoms with Crippen LogP contribution < -0.4 is 5.73 Å². The molecule has 0 aliphatic carbocycles. The molecule has 0 aliphatic heterocycles. The van der Waals surface area contributed by atoms with E-state index in [0.29, 0.717) is 0 Å². The second-order valence-electron chi connectivity index (χ2n) is 3.53. The Morgan fingerprint density at radius 2 is 1.93 bits per heavy atom. The van der Waals surface area contributed by atoms with Gasteiger partial charge in [0.05, 0.1) is 12.5 Å². The third-order valence-electron chi connectivity index (χ3n) is 1.88. The van der Waals surface area contributed by atoms with Crippen LogP contribution in [0.15, 0.2) is 0 Å². The standard InChI is InChI=1S/C9H17NO4.ClH/c1-4-9(10,8(12)13)5-7(11)14-6(2)3;/h6H,4-5,10H2,1-3H3,(H,12,13);1H/t9-;/m0./s1. The van der Waals surface area contributed by atoms with Crippen molar-refractivity contribution in [2.45, 2.75) is 45.3 Å². The van der Waals surface area contributed by atoms with E-state index in [0.717, 1.165) is 0 Å². The van der Waals surface area contributed by atoms with Crippen LogP contribution in [-0.2, 0) is 14.3 Å². The molecule has 90 valence electrons. The first kappa shape index (κ1) is 16.6. The highest BCUT2D eigenvalue weighted by molar-refractivity contribution is 5.85. The lowest BCUT2D eigenvalue weighted by atomic mass is 9.94. The molecule has 0 heterocycles. The molecule has 0 aromatic rings. The van der Waals surface area contributed by atoms with Gasteiger partial charge in [0.25, 0.3) is 0 Å². The molecule has 0 aromatic heterocycles. The van der Waals surface area contributed by atoms with E-state index in [1.807, 2.05) is 0 Å². The van der Waals surface area contributed by atoms with Gasteiger partial charge in [-0.05, 0) is 20.3 Å². The first-order chi connectivity index (χ1) is 6.31. The Balaban J connectivity index is 0. The largest absolute Gasteiger partial charge is 0.480 e. The third kappa shape index (κ3) is 5.59. The molecule has 1 atom stereocenters. The van der Waals surface area contributed by atoms with Crippen molar-refractivity contribution in [3.63, 3.8) is 0 Å². The summed E-state index contributed by atoms with van der Waals surface area (Å²) >= 11 is 0. The minimum atomic E-state index is -1.51. The van der Waals surface area contributed by atoms with Gasteiger partial charge in [-0.15, -0.1) is 12.4 Å². The fraction of sp³-hybridized carbons (Fsp3) is 0.778. The van der Waals surface area contributed by atoms with Gasteiger partial charge in [0.2, 0.25) is 0 Å². The van der Waals surface area contributed by atoms with E-state index < -0.39 is 17.5 Å². The average Bonchev–Trinajstić information content (AvgIpc) is 2.01. The molecule has 0 saturated carbocycles. The van der Waals surface area contributed by atoms with Crippen molar-refractivity contribution in [3.8, 4) is 0 Å². The monoisotopic (exact) mass is 239 g/mol. The summed E-state index contributed by atoms with van der Waals surface area (Å²) in [6, 6.07) is 0. The quantitative estimate of drug-likeness (QED) is 0.697. The van der Waals surface area contributed by atoms with Gasteiger partial charge in [-0.25, -0.2) is 0 Å². The van der Waals surface area contributed by atoms with Gasteiger partial charge in [-0.2, -0.15) is 0 Å². The molecule has 0 amide bonds. The molecule has 0 aromatic carbocycles. The van der Waals surface area contributed by atoms with Gasteiger partial charge >= 0.3 is 11.9 Å². The fourth-order valence-electron chi connectivity index (χ4n) is 0.914. The van der Waals surface area contributed by atoms with Crippen LogP contribution in [0.2, 0.25) is 0 Å². The van der Waals surface area contributed by atoms with Crippen LogP contribution in [-0.4, -0.2) is 28.7 Å². The molecule has 0 fully saturated rings. The zero-order valence-electron chi connectivity index (χ0n) is 9.15. The van der Waals surface area contributed by atoms with Crippen molar-refractivity contribution in [1.82, 2.24) is 0 Å². The summed E-state index contributed by atoms with van der Waals surface area (Å²) in [7, 11) is 0. The summed E-state index contributed by atoms with van der Waals surface area (Å²) in [6.07, 6.45) is -0.357. The number of carboxylic acid groups (broad SMARTS) is 1. The Morgan fingerprint density at radius 3 is 2.20 bits per heavy atom. The average molecular weight is 240 g/mol. The number of hydrogen-bond acceptors (Lipinski definition) is 4. The number of hydrogen-bond donors (Lipinski definition) is 2. The number of aliphatic carboxylic acids is 1. The summed E-state index contributed by atoms with van der Waals surface area (Å²) < 4.78 is 4.82. The molecule has 0 unspecified atom stereocenters. The van der Waals surface area contributed by atoms with Crippen molar-refractivity contribution in [2.75, 3.05) is 0 Å². The van der Waals surface area contributed by atoms with Gasteiger partial charge in [-0.3, -0.25) is 9.59 Å². The molecule has 15 heavy (non-hydrogen) atoms. The van der Waals surface area contributed by atoms with Gasteiger partial charge in [0, 0.05) is 0 Å². The predicted molar refractivity (Wildman–Crippen MR) is 57.9 cm³/mol. The summed E-state index contributed by atoms with van der Waals surface area (Å²) in [5.74, 6) is -1.76. The highest BCUT2D eigenvalue weighted by Gasteiger charge is 2.35. The Morgan fingerprint density at radius 1 is 1.47 bits per heavy atom. The smallest absolute Gasteiger partial charge is 0.324 e. The number of carbonyl (C=O) groups is 2. The highest BCUT2D eigenvalue weighted by Crippen LogP contribution is 2.13. The fourth-order valence-corrected chi connectivity index (χ4v) is 0.914. The molecule has 0 bridgehead atoms. The molecule has 0 spiro atoms.